The van der Waals surface area contributed by atoms with Crippen LogP contribution in [0, 0.1) is 0 Å². The third-order valence-corrected chi connectivity index (χ3v) is 2.53. The third kappa shape index (κ3) is 2.38. The Balaban J connectivity index is 2.04. The van der Waals surface area contributed by atoms with E-state index in [-0.39, 0.29) is 12.8 Å². The van der Waals surface area contributed by atoms with Crippen molar-refractivity contribution in [3.63, 3.8) is 0 Å². The molecule has 2 rings (SSSR count). The number of hydrogen-bond donors (Lipinski definition) is 1. The molecule has 0 aromatic heterocycles. The summed E-state index contributed by atoms with van der Waals surface area (Å²) >= 11 is 0. The molecule has 0 saturated carbocycles. The van der Waals surface area contributed by atoms with E-state index in [9.17, 15) is 19.5 Å². The molecule has 1 saturated heterocycles. The van der Waals surface area contributed by atoms with Crippen LogP contribution in [0.3, 0.4) is 0 Å². The van der Waals surface area contributed by atoms with Gasteiger partial charge in [-0.05, 0) is 5.56 Å². The Hall–Kier alpha value is -2.21. The van der Waals surface area contributed by atoms with Crippen molar-refractivity contribution in [2.45, 2.75) is 18.9 Å². The molecule has 1 atom stereocenters. The highest BCUT2D eigenvalue weighted by atomic mass is 16.7. The fraction of sp³-hybridized carbons (Fsp3) is 0.250. The summed E-state index contributed by atoms with van der Waals surface area (Å²) in [6, 6.07) is 8.12. The van der Waals surface area contributed by atoms with Crippen LogP contribution in [0.15, 0.2) is 30.3 Å². The number of aliphatic hydroxyl groups is 1. The largest absolute Gasteiger partial charge is 0.377 e. The van der Waals surface area contributed by atoms with E-state index in [4.69, 9.17) is 0 Å². The van der Waals surface area contributed by atoms with Gasteiger partial charge in [0, 0.05) is 12.8 Å². The second-order valence-corrected chi connectivity index (χ2v) is 3.81. The van der Waals surface area contributed by atoms with Gasteiger partial charge < -0.3 is 9.94 Å². The second-order valence-electron chi connectivity index (χ2n) is 3.81. The molecule has 0 radical (unpaired) electrons. The predicted octanol–water partition coefficient (Wildman–Crippen LogP) is 0.327. The van der Waals surface area contributed by atoms with Gasteiger partial charge in [0.15, 0.2) is 6.10 Å². The minimum absolute atomic E-state index is 0.0214. The van der Waals surface area contributed by atoms with Gasteiger partial charge in [0.2, 0.25) is 0 Å². The number of benzene rings is 1. The first-order valence-electron chi connectivity index (χ1n) is 5.40. The summed E-state index contributed by atoms with van der Waals surface area (Å²) in [5.41, 5.74) is 0.335. The van der Waals surface area contributed by atoms with Crippen LogP contribution in [-0.2, 0) is 19.2 Å². The molecule has 0 unspecified atom stereocenters. The summed E-state index contributed by atoms with van der Waals surface area (Å²) in [6.07, 6.45) is -1.48. The monoisotopic (exact) mass is 249 g/mol. The van der Waals surface area contributed by atoms with Crippen molar-refractivity contribution >= 4 is 17.8 Å². The standard InChI is InChI=1S/C12H11NO5/c14-9-6-7-10(15)13(9)18-12(17)11(16)8-4-2-1-3-5-8/h1-5,11,16H,6-7H2/t11-/m1/s1. The number of nitrogens with zero attached hydrogens (tertiary/aromatic N) is 1. The molecule has 6 heteroatoms. The smallest absolute Gasteiger partial charge is 0.365 e. The molecule has 0 bridgehead atoms. The number of hydrogen-bond acceptors (Lipinski definition) is 5. The van der Waals surface area contributed by atoms with Crippen molar-refractivity contribution in [2.75, 3.05) is 0 Å². The van der Waals surface area contributed by atoms with Crippen molar-refractivity contribution in [1.82, 2.24) is 5.06 Å². The number of aliphatic hydroxyl groups excluding tert-OH is 1. The van der Waals surface area contributed by atoms with Gasteiger partial charge >= 0.3 is 5.97 Å². The summed E-state index contributed by atoms with van der Waals surface area (Å²) in [5.74, 6) is -2.20. The SMILES string of the molecule is O=C(ON1C(=O)CCC1=O)[C@H](O)c1ccccc1. The lowest BCUT2D eigenvalue weighted by Crippen LogP contribution is -2.34. The zero-order chi connectivity index (χ0) is 13.1. The summed E-state index contributed by atoms with van der Waals surface area (Å²) in [7, 11) is 0. The van der Waals surface area contributed by atoms with E-state index in [0.717, 1.165) is 0 Å². The summed E-state index contributed by atoms with van der Waals surface area (Å²) < 4.78 is 0. The highest BCUT2D eigenvalue weighted by Gasteiger charge is 2.34. The molecule has 2 amide bonds. The first-order chi connectivity index (χ1) is 8.59. The number of carbonyl (C=O) groups is 3. The lowest BCUT2D eigenvalue weighted by Gasteiger charge is -2.15. The van der Waals surface area contributed by atoms with Crippen LogP contribution in [0.4, 0.5) is 0 Å². The van der Waals surface area contributed by atoms with Crippen LogP contribution in [0.5, 0.6) is 0 Å². The zero-order valence-electron chi connectivity index (χ0n) is 9.41. The van der Waals surface area contributed by atoms with Crippen molar-refractivity contribution in [3.8, 4) is 0 Å². The number of rotatable bonds is 3. The van der Waals surface area contributed by atoms with Crippen LogP contribution >= 0.6 is 0 Å². The second kappa shape index (κ2) is 4.97. The van der Waals surface area contributed by atoms with E-state index in [1.54, 1.807) is 30.3 Å². The summed E-state index contributed by atoms with van der Waals surface area (Å²) in [6.45, 7) is 0. The number of carbonyl (C=O) groups excluding carboxylic acids is 3. The van der Waals surface area contributed by atoms with Gasteiger partial charge in [0.1, 0.15) is 0 Å². The highest BCUT2D eigenvalue weighted by Crippen LogP contribution is 2.18. The topological polar surface area (TPSA) is 83.9 Å². The zero-order valence-corrected chi connectivity index (χ0v) is 9.41. The van der Waals surface area contributed by atoms with Crippen LogP contribution in [0.2, 0.25) is 0 Å². The van der Waals surface area contributed by atoms with E-state index in [1.165, 1.54) is 0 Å². The summed E-state index contributed by atoms with van der Waals surface area (Å²) in [4.78, 5) is 38.6. The van der Waals surface area contributed by atoms with E-state index in [1.807, 2.05) is 0 Å². The summed E-state index contributed by atoms with van der Waals surface area (Å²) in [5, 5.41) is 10.1. The van der Waals surface area contributed by atoms with Gasteiger partial charge in [0.05, 0.1) is 0 Å². The molecule has 1 aliphatic rings. The van der Waals surface area contributed by atoms with Crippen LogP contribution in [-0.4, -0.2) is 28.0 Å². The molecule has 0 spiro atoms. The molecule has 1 N–H and O–H groups in total. The normalized spacial score (nSPS) is 16.8. The molecule has 1 aliphatic heterocycles. The van der Waals surface area contributed by atoms with Crippen molar-refractivity contribution in [3.05, 3.63) is 35.9 Å². The molecule has 6 nitrogen and oxygen atoms in total. The Morgan fingerprint density at radius 2 is 1.72 bits per heavy atom. The van der Waals surface area contributed by atoms with Crippen LogP contribution in [0.1, 0.15) is 24.5 Å². The molecule has 1 aromatic carbocycles. The van der Waals surface area contributed by atoms with E-state index < -0.39 is 23.9 Å². The average molecular weight is 249 g/mol. The first kappa shape index (κ1) is 12.3. The van der Waals surface area contributed by atoms with Crippen molar-refractivity contribution in [2.24, 2.45) is 0 Å². The molecule has 1 fully saturated rings. The lowest BCUT2D eigenvalue weighted by molar-refractivity contribution is -0.203. The van der Waals surface area contributed by atoms with Gasteiger partial charge in [0.25, 0.3) is 11.8 Å². The fourth-order valence-electron chi connectivity index (χ4n) is 1.57. The van der Waals surface area contributed by atoms with Gasteiger partial charge in [-0.15, -0.1) is 5.06 Å². The maximum Gasteiger partial charge on any atom is 0.365 e. The van der Waals surface area contributed by atoms with E-state index in [0.29, 0.717) is 10.6 Å². The predicted molar refractivity (Wildman–Crippen MR) is 58.6 cm³/mol. The highest BCUT2D eigenvalue weighted by molar-refractivity contribution is 6.01. The van der Waals surface area contributed by atoms with Gasteiger partial charge in [-0.1, -0.05) is 30.3 Å². The van der Waals surface area contributed by atoms with E-state index in [2.05, 4.69) is 4.84 Å². The fourth-order valence-corrected chi connectivity index (χ4v) is 1.57. The van der Waals surface area contributed by atoms with Crippen molar-refractivity contribution in [1.29, 1.82) is 0 Å². The third-order valence-electron chi connectivity index (χ3n) is 2.53. The number of imide groups is 1. The van der Waals surface area contributed by atoms with Crippen LogP contribution < -0.4 is 0 Å². The minimum Gasteiger partial charge on any atom is -0.377 e. The molecular formula is C12H11NO5. The lowest BCUT2D eigenvalue weighted by atomic mass is 10.1. The quantitative estimate of drug-likeness (QED) is 0.780. The van der Waals surface area contributed by atoms with Crippen molar-refractivity contribution < 1.29 is 24.3 Å². The van der Waals surface area contributed by atoms with Gasteiger partial charge in [-0.2, -0.15) is 0 Å². The van der Waals surface area contributed by atoms with Gasteiger partial charge in [-0.3, -0.25) is 9.59 Å². The maximum absolute atomic E-state index is 11.6. The molecule has 0 aliphatic carbocycles. The Morgan fingerprint density at radius 1 is 1.17 bits per heavy atom. The van der Waals surface area contributed by atoms with E-state index >= 15 is 0 Å². The molecule has 94 valence electrons. The molecular weight excluding hydrogens is 238 g/mol. The Labute approximate surface area is 103 Å². The Morgan fingerprint density at radius 3 is 2.28 bits per heavy atom. The average Bonchev–Trinajstić information content (AvgIpc) is 2.70. The molecule has 18 heavy (non-hydrogen) atoms. The Kier molecular flexibility index (Phi) is 3.38. The Bertz CT molecular complexity index is 469. The number of amides is 2. The molecule has 1 heterocycles. The molecule has 1 aromatic rings. The van der Waals surface area contributed by atoms with Crippen LogP contribution in [0.25, 0.3) is 0 Å². The first-order valence-corrected chi connectivity index (χ1v) is 5.40. The number of hydroxylamine groups is 2. The van der Waals surface area contributed by atoms with Gasteiger partial charge in [-0.25, -0.2) is 4.79 Å². The maximum atomic E-state index is 11.6. The minimum atomic E-state index is -1.52.